The van der Waals surface area contributed by atoms with E-state index in [1.807, 2.05) is 0 Å². The molecule has 0 radical (unpaired) electrons. The average Bonchev–Trinajstić information content (AvgIpc) is 2.49. The van der Waals surface area contributed by atoms with Gasteiger partial charge in [-0.1, -0.05) is 72.8 Å². The molecule has 2 aromatic rings. The molecule has 0 saturated heterocycles. The first-order valence-electron chi connectivity index (χ1n) is 6.46. The van der Waals surface area contributed by atoms with Crippen molar-refractivity contribution in [1.29, 1.82) is 0 Å². The van der Waals surface area contributed by atoms with Gasteiger partial charge < -0.3 is 0 Å². The van der Waals surface area contributed by atoms with Crippen molar-refractivity contribution in [3.8, 4) is 11.1 Å². The highest BCUT2D eigenvalue weighted by Crippen LogP contribution is 2.25. The number of hydrogen-bond donors (Lipinski definition) is 0. The van der Waals surface area contributed by atoms with Crippen LogP contribution < -0.4 is 0 Å². The molecule has 0 N–H and O–H groups in total. The summed E-state index contributed by atoms with van der Waals surface area (Å²) in [5, 5.41) is 0. The Morgan fingerprint density at radius 2 is 1.28 bits per heavy atom. The van der Waals surface area contributed by atoms with Crippen LogP contribution in [0.3, 0.4) is 0 Å². The summed E-state index contributed by atoms with van der Waals surface area (Å²) >= 11 is 0. The summed E-state index contributed by atoms with van der Waals surface area (Å²) in [6, 6.07) is 19.3. The van der Waals surface area contributed by atoms with Crippen molar-refractivity contribution in [3.05, 3.63) is 78.4 Å². The lowest BCUT2D eigenvalue weighted by atomic mass is 9.97. The Morgan fingerprint density at radius 1 is 0.611 bits per heavy atom. The van der Waals surface area contributed by atoms with Crippen molar-refractivity contribution in [1.82, 2.24) is 0 Å². The van der Waals surface area contributed by atoms with E-state index in [0.29, 0.717) is 0 Å². The van der Waals surface area contributed by atoms with E-state index in [4.69, 9.17) is 0 Å². The Labute approximate surface area is 108 Å². The minimum Gasteiger partial charge on any atom is -0.0836 e. The molecule has 0 amide bonds. The number of benzene rings is 2. The zero-order chi connectivity index (χ0) is 12.2. The highest BCUT2D eigenvalue weighted by Gasteiger charge is 2.02. The van der Waals surface area contributed by atoms with Gasteiger partial charge in [0.25, 0.3) is 0 Å². The summed E-state index contributed by atoms with van der Waals surface area (Å²) in [6.07, 6.45) is 9.12. The second-order valence-corrected chi connectivity index (χ2v) is 4.58. The van der Waals surface area contributed by atoms with Crippen molar-refractivity contribution in [2.45, 2.75) is 12.8 Å². The van der Waals surface area contributed by atoms with Gasteiger partial charge in [0.1, 0.15) is 0 Å². The van der Waals surface area contributed by atoms with Crippen LogP contribution in [0.1, 0.15) is 18.4 Å². The van der Waals surface area contributed by atoms with Crippen LogP contribution in [0.4, 0.5) is 0 Å². The van der Waals surface area contributed by atoms with Crippen molar-refractivity contribution in [2.24, 2.45) is 0 Å². The molecule has 0 bridgehead atoms. The molecule has 1 aliphatic carbocycles. The summed E-state index contributed by atoms with van der Waals surface area (Å²) in [7, 11) is 0. The van der Waals surface area contributed by atoms with E-state index in [1.165, 1.54) is 28.7 Å². The zero-order valence-corrected chi connectivity index (χ0v) is 10.3. The minimum atomic E-state index is 1.16. The lowest BCUT2D eigenvalue weighted by Crippen LogP contribution is -1.86. The molecule has 0 spiro atoms. The Bertz CT molecular complexity index is 571. The van der Waals surface area contributed by atoms with Crippen LogP contribution in [0.2, 0.25) is 0 Å². The molecular weight excluding hydrogens is 216 g/mol. The second-order valence-electron chi connectivity index (χ2n) is 4.58. The largest absolute Gasteiger partial charge is 0.0836 e. The number of hydrogen-bond acceptors (Lipinski definition) is 0. The molecule has 0 saturated carbocycles. The van der Waals surface area contributed by atoms with Gasteiger partial charge in [-0.3, -0.25) is 0 Å². The number of rotatable bonds is 2. The van der Waals surface area contributed by atoms with Crippen molar-refractivity contribution < 1.29 is 0 Å². The molecule has 18 heavy (non-hydrogen) atoms. The Morgan fingerprint density at radius 3 is 1.94 bits per heavy atom. The molecular formula is C18H16. The van der Waals surface area contributed by atoms with Crippen molar-refractivity contribution >= 4 is 5.57 Å². The smallest absolute Gasteiger partial charge is 0.0184 e. The van der Waals surface area contributed by atoms with E-state index in [2.05, 4.69) is 72.8 Å². The molecule has 88 valence electrons. The summed E-state index contributed by atoms with van der Waals surface area (Å²) in [5.74, 6) is 0. The first kappa shape index (κ1) is 11.0. The predicted molar refractivity (Wildman–Crippen MR) is 78.2 cm³/mol. The molecule has 0 aromatic heterocycles. The maximum Gasteiger partial charge on any atom is -0.0184 e. The third kappa shape index (κ3) is 2.28. The third-order valence-corrected chi connectivity index (χ3v) is 3.32. The lowest BCUT2D eigenvalue weighted by molar-refractivity contribution is 1.04. The summed E-state index contributed by atoms with van der Waals surface area (Å²) in [4.78, 5) is 0. The van der Waals surface area contributed by atoms with Crippen LogP contribution in [0.5, 0.6) is 0 Å². The van der Waals surface area contributed by atoms with Gasteiger partial charge in [0.2, 0.25) is 0 Å². The topological polar surface area (TPSA) is 0 Å². The minimum absolute atomic E-state index is 1.16. The fourth-order valence-electron chi connectivity index (χ4n) is 2.31. The van der Waals surface area contributed by atoms with Gasteiger partial charge in [0.05, 0.1) is 0 Å². The van der Waals surface area contributed by atoms with Gasteiger partial charge in [0, 0.05) is 0 Å². The predicted octanol–water partition coefficient (Wildman–Crippen LogP) is 5.09. The third-order valence-electron chi connectivity index (χ3n) is 3.32. The van der Waals surface area contributed by atoms with Crippen LogP contribution in [-0.4, -0.2) is 0 Å². The first-order valence-corrected chi connectivity index (χ1v) is 6.46. The Kier molecular flexibility index (Phi) is 3.10. The quantitative estimate of drug-likeness (QED) is 0.676. The van der Waals surface area contributed by atoms with Gasteiger partial charge in [-0.05, 0) is 35.1 Å². The van der Waals surface area contributed by atoms with Crippen LogP contribution in [0, 0.1) is 0 Å². The van der Waals surface area contributed by atoms with E-state index in [1.54, 1.807) is 0 Å². The molecule has 0 fully saturated rings. The molecule has 0 heterocycles. The SMILES string of the molecule is C1=CC(c2ccc(-c3ccccc3)cc2)=CCC1. The van der Waals surface area contributed by atoms with Crippen molar-refractivity contribution in [3.63, 3.8) is 0 Å². The summed E-state index contributed by atoms with van der Waals surface area (Å²) in [6.45, 7) is 0. The summed E-state index contributed by atoms with van der Waals surface area (Å²) in [5.41, 5.74) is 5.21. The van der Waals surface area contributed by atoms with Crippen LogP contribution in [0.15, 0.2) is 72.8 Å². The normalized spacial score (nSPS) is 14.3. The van der Waals surface area contributed by atoms with E-state index in [0.717, 1.165) is 6.42 Å². The van der Waals surface area contributed by atoms with E-state index in [-0.39, 0.29) is 0 Å². The van der Waals surface area contributed by atoms with Gasteiger partial charge in [-0.2, -0.15) is 0 Å². The van der Waals surface area contributed by atoms with Crippen LogP contribution >= 0.6 is 0 Å². The van der Waals surface area contributed by atoms with E-state index >= 15 is 0 Å². The van der Waals surface area contributed by atoms with E-state index in [9.17, 15) is 0 Å². The maximum atomic E-state index is 2.32. The molecule has 0 atom stereocenters. The Balaban J connectivity index is 1.90. The van der Waals surface area contributed by atoms with Gasteiger partial charge in [0.15, 0.2) is 0 Å². The van der Waals surface area contributed by atoms with Gasteiger partial charge in [-0.15, -0.1) is 0 Å². The second kappa shape index (κ2) is 5.05. The number of allylic oxidation sites excluding steroid dienone is 4. The molecule has 0 aliphatic heterocycles. The molecule has 3 rings (SSSR count). The fourth-order valence-corrected chi connectivity index (χ4v) is 2.31. The standard InChI is InChI=1S/C18H16/c1-3-7-15(8-4-1)17-11-13-18(14-12-17)16-9-5-2-6-10-16/h1,3-5,7-14H,2,6H2. The first-order chi connectivity index (χ1) is 8.93. The monoisotopic (exact) mass is 232 g/mol. The van der Waals surface area contributed by atoms with Crippen molar-refractivity contribution in [2.75, 3.05) is 0 Å². The fraction of sp³-hybridized carbons (Fsp3) is 0.111. The average molecular weight is 232 g/mol. The maximum absolute atomic E-state index is 2.32. The molecule has 1 aliphatic rings. The van der Waals surface area contributed by atoms with Gasteiger partial charge >= 0.3 is 0 Å². The zero-order valence-electron chi connectivity index (χ0n) is 10.3. The van der Waals surface area contributed by atoms with Crippen LogP contribution in [0.25, 0.3) is 16.7 Å². The highest BCUT2D eigenvalue weighted by molar-refractivity contribution is 5.76. The molecule has 0 heteroatoms. The summed E-state index contributed by atoms with van der Waals surface area (Å²) < 4.78 is 0. The molecule has 0 unspecified atom stereocenters. The lowest BCUT2D eigenvalue weighted by Gasteiger charge is -2.08. The van der Waals surface area contributed by atoms with Gasteiger partial charge in [-0.25, -0.2) is 0 Å². The van der Waals surface area contributed by atoms with Crippen LogP contribution in [-0.2, 0) is 0 Å². The van der Waals surface area contributed by atoms with E-state index < -0.39 is 0 Å². The highest BCUT2D eigenvalue weighted by atomic mass is 14.1. The molecule has 2 aromatic carbocycles. The molecule has 0 nitrogen and oxygen atoms in total. The Hall–Kier alpha value is -2.08.